The van der Waals surface area contributed by atoms with Gasteiger partial charge in [0.15, 0.2) is 0 Å². The lowest BCUT2D eigenvalue weighted by molar-refractivity contribution is 0.210. The lowest BCUT2D eigenvalue weighted by atomic mass is 9.95. The van der Waals surface area contributed by atoms with Gasteiger partial charge in [-0.1, -0.05) is 25.5 Å². The number of likely N-dealkylation sites (N-methyl/N-ethyl adjacent to an activating group) is 1. The summed E-state index contributed by atoms with van der Waals surface area (Å²) in [5.74, 6) is 0. The number of nitrogens with zero attached hydrogens (tertiary/aromatic N) is 1. The summed E-state index contributed by atoms with van der Waals surface area (Å²) in [5.41, 5.74) is 1.41. The summed E-state index contributed by atoms with van der Waals surface area (Å²) in [6.45, 7) is 7.56. The van der Waals surface area contributed by atoms with Crippen molar-refractivity contribution >= 4 is 0 Å². The van der Waals surface area contributed by atoms with E-state index in [1.165, 1.54) is 31.4 Å². The summed E-state index contributed by atoms with van der Waals surface area (Å²) in [4.78, 5) is 2.44. The summed E-state index contributed by atoms with van der Waals surface area (Å²) >= 11 is 0. The highest BCUT2D eigenvalue weighted by molar-refractivity contribution is 5.05. The van der Waals surface area contributed by atoms with Crippen LogP contribution in [-0.2, 0) is 0 Å². The van der Waals surface area contributed by atoms with Crippen LogP contribution in [0.1, 0.15) is 32.6 Å². The third kappa shape index (κ3) is 2.06. The third-order valence-corrected chi connectivity index (χ3v) is 2.70. The van der Waals surface area contributed by atoms with Crippen molar-refractivity contribution in [3.8, 4) is 0 Å². The van der Waals surface area contributed by atoms with Gasteiger partial charge < -0.3 is 0 Å². The minimum absolute atomic E-state index is 0.675. The zero-order chi connectivity index (χ0) is 8.27. The molecule has 0 saturated carbocycles. The lowest BCUT2D eigenvalue weighted by Crippen LogP contribution is -2.37. The fourth-order valence-electron chi connectivity index (χ4n) is 1.83. The van der Waals surface area contributed by atoms with Crippen LogP contribution >= 0.6 is 0 Å². The standard InChI is InChI=1S/C10H19N/c1-4-9(2)10-7-5-6-8-11(10)3/h10H,2,4-8H2,1,3H3. The summed E-state index contributed by atoms with van der Waals surface area (Å²) in [6, 6.07) is 0.675. The molecule has 0 N–H and O–H groups in total. The predicted octanol–water partition coefficient (Wildman–Crippen LogP) is 2.44. The minimum atomic E-state index is 0.675. The number of rotatable bonds is 2. The molecule has 0 aromatic rings. The molecule has 11 heavy (non-hydrogen) atoms. The van der Waals surface area contributed by atoms with E-state index in [4.69, 9.17) is 0 Å². The Morgan fingerprint density at radius 2 is 2.27 bits per heavy atom. The molecule has 1 aliphatic rings. The van der Waals surface area contributed by atoms with Crippen molar-refractivity contribution in [1.82, 2.24) is 4.90 Å². The maximum atomic E-state index is 4.11. The smallest absolute Gasteiger partial charge is 0.0301 e. The van der Waals surface area contributed by atoms with Crippen molar-refractivity contribution in [1.29, 1.82) is 0 Å². The highest BCUT2D eigenvalue weighted by Gasteiger charge is 2.19. The topological polar surface area (TPSA) is 3.24 Å². The molecule has 64 valence electrons. The molecule has 1 rings (SSSR count). The van der Waals surface area contributed by atoms with Gasteiger partial charge in [-0.3, -0.25) is 4.90 Å². The molecule has 0 aliphatic carbocycles. The van der Waals surface area contributed by atoms with Crippen molar-refractivity contribution in [2.45, 2.75) is 38.6 Å². The second-order valence-electron chi connectivity index (χ2n) is 3.50. The molecule has 0 aromatic heterocycles. The van der Waals surface area contributed by atoms with Gasteiger partial charge in [-0.05, 0) is 32.9 Å². The molecular weight excluding hydrogens is 134 g/mol. The van der Waals surface area contributed by atoms with E-state index in [1.54, 1.807) is 0 Å². The van der Waals surface area contributed by atoms with Crippen LogP contribution in [-0.4, -0.2) is 24.5 Å². The van der Waals surface area contributed by atoms with Crippen molar-refractivity contribution in [3.05, 3.63) is 12.2 Å². The van der Waals surface area contributed by atoms with Crippen LogP contribution in [0.25, 0.3) is 0 Å². The molecule has 0 bridgehead atoms. The molecule has 1 heterocycles. The monoisotopic (exact) mass is 153 g/mol. The maximum absolute atomic E-state index is 4.11. The van der Waals surface area contributed by atoms with Gasteiger partial charge in [0.25, 0.3) is 0 Å². The molecular formula is C10H19N. The molecule has 1 nitrogen and oxygen atoms in total. The predicted molar refractivity (Wildman–Crippen MR) is 49.7 cm³/mol. The van der Waals surface area contributed by atoms with Crippen molar-refractivity contribution in [2.24, 2.45) is 0 Å². The van der Waals surface area contributed by atoms with Gasteiger partial charge in [0.1, 0.15) is 0 Å². The fraction of sp³-hybridized carbons (Fsp3) is 0.800. The Balaban J connectivity index is 2.47. The number of likely N-dealkylation sites (tertiary alicyclic amines) is 1. The summed E-state index contributed by atoms with van der Waals surface area (Å²) in [7, 11) is 2.21. The molecule has 0 amide bonds. The molecule has 1 fully saturated rings. The molecule has 0 spiro atoms. The highest BCUT2D eigenvalue weighted by atomic mass is 15.1. The Kier molecular flexibility index (Phi) is 3.13. The van der Waals surface area contributed by atoms with E-state index in [2.05, 4.69) is 25.5 Å². The summed E-state index contributed by atoms with van der Waals surface area (Å²) in [6.07, 6.45) is 5.20. The Hall–Kier alpha value is -0.300. The van der Waals surface area contributed by atoms with E-state index in [0.717, 1.165) is 6.42 Å². The van der Waals surface area contributed by atoms with E-state index in [-0.39, 0.29) is 0 Å². The third-order valence-electron chi connectivity index (χ3n) is 2.70. The van der Waals surface area contributed by atoms with Crippen LogP contribution in [0.5, 0.6) is 0 Å². The second kappa shape index (κ2) is 3.91. The van der Waals surface area contributed by atoms with Crippen LogP contribution in [0.2, 0.25) is 0 Å². The first kappa shape index (κ1) is 8.79. The van der Waals surface area contributed by atoms with Gasteiger partial charge in [-0.25, -0.2) is 0 Å². The molecule has 1 aliphatic heterocycles. The summed E-state index contributed by atoms with van der Waals surface area (Å²) < 4.78 is 0. The molecule has 1 saturated heterocycles. The van der Waals surface area contributed by atoms with Gasteiger partial charge in [-0.15, -0.1) is 0 Å². The number of hydrogen-bond donors (Lipinski definition) is 0. The van der Waals surface area contributed by atoms with Gasteiger partial charge in [0.05, 0.1) is 0 Å². The lowest BCUT2D eigenvalue weighted by Gasteiger charge is -2.33. The van der Waals surface area contributed by atoms with Crippen LogP contribution in [0, 0.1) is 0 Å². The van der Waals surface area contributed by atoms with Crippen LogP contribution in [0.15, 0.2) is 12.2 Å². The van der Waals surface area contributed by atoms with Crippen molar-refractivity contribution in [3.63, 3.8) is 0 Å². The van der Waals surface area contributed by atoms with E-state index in [9.17, 15) is 0 Å². The Morgan fingerprint density at radius 3 is 2.82 bits per heavy atom. The molecule has 0 radical (unpaired) electrons. The molecule has 0 aromatic carbocycles. The van der Waals surface area contributed by atoms with E-state index in [1.807, 2.05) is 0 Å². The average Bonchev–Trinajstić information content (AvgIpc) is 2.04. The van der Waals surface area contributed by atoms with Crippen LogP contribution in [0.4, 0.5) is 0 Å². The molecule has 1 heteroatoms. The molecule has 1 atom stereocenters. The largest absolute Gasteiger partial charge is 0.300 e. The molecule has 1 unspecified atom stereocenters. The Bertz CT molecular complexity index is 140. The summed E-state index contributed by atoms with van der Waals surface area (Å²) in [5, 5.41) is 0. The van der Waals surface area contributed by atoms with Crippen molar-refractivity contribution < 1.29 is 0 Å². The Labute approximate surface area is 70.1 Å². The Morgan fingerprint density at radius 1 is 1.55 bits per heavy atom. The average molecular weight is 153 g/mol. The fourth-order valence-corrected chi connectivity index (χ4v) is 1.83. The normalized spacial score (nSPS) is 26.9. The quantitative estimate of drug-likeness (QED) is 0.551. The maximum Gasteiger partial charge on any atom is 0.0301 e. The first-order chi connectivity index (χ1) is 5.25. The highest BCUT2D eigenvalue weighted by Crippen LogP contribution is 2.21. The van der Waals surface area contributed by atoms with E-state index < -0.39 is 0 Å². The first-order valence-corrected chi connectivity index (χ1v) is 4.63. The van der Waals surface area contributed by atoms with Gasteiger partial charge >= 0.3 is 0 Å². The minimum Gasteiger partial charge on any atom is -0.300 e. The zero-order valence-electron chi connectivity index (χ0n) is 7.77. The van der Waals surface area contributed by atoms with E-state index >= 15 is 0 Å². The van der Waals surface area contributed by atoms with Gasteiger partial charge in [-0.2, -0.15) is 0 Å². The van der Waals surface area contributed by atoms with E-state index in [0.29, 0.717) is 6.04 Å². The van der Waals surface area contributed by atoms with Gasteiger partial charge in [0, 0.05) is 6.04 Å². The van der Waals surface area contributed by atoms with Crippen LogP contribution in [0.3, 0.4) is 0 Å². The van der Waals surface area contributed by atoms with Gasteiger partial charge in [0.2, 0.25) is 0 Å². The zero-order valence-corrected chi connectivity index (χ0v) is 7.77. The SMILES string of the molecule is C=C(CC)C1CCCCN1C. The number of piperidine rings is 1. The van der Waals surface area contributed by atoms with Crippen molar-refractivity contribution in [2.75, 3.05) is 13.6 Å². The first-order valence-electron chi connectivity index (χ1n) is 4.63. The second-order valence-corrected chi connectivity index (χ2v) is 3.50. The number of hydrogen-bond acceptors (Lipinski definition) is 1. The van der Waals surface area contributed by atoms with Crippen LogP contribution < -0.4 is 0 Å².